The molecule has 1 aliphatic heterocycles. The molecule has 196 valence electrons. The fraction of sp³-hybridized carbons (Fsp3) is 0.240. The minimum Gasteiger partial charge on any atom is -0.495 e. The molecule has 1 heterocycles. The van der Waals surface area contributed by atoms with Gasteiger partial charge < -0.3 is 10.1 Å². The van der Waals surface area contributed by atoms with Crippen molar-refractivity contribution in [1.82, 2.24) is 4.31 Å². The Morgan fingerprint density at radius 1 is 0.892 bits per heavy atom. The number of rotatable bonds is 8. The molecule has 1 amide bonds. The molecule has 1 fully saturated rings. The quantitative estimate of drug-likeness (QED) is 0.414. The summed E-state index contributed by atoms with van der Waals surface area (Å²) >= 11 is 6.30. The Kier molecular flexibility index (Phi) is 8.08. The van der Waals surface area contributed by atoms with Gasteiger partial charge in [0.1, 0.15) is 10.6 Å². The molecule has 0 aliphatic carbocycles. The zero-order valence-electron chi connectivity index (χ0n) is 20.0. The van der Waals surface area contributed by atoms with E-state index in [-0.39, 0.29) is 37.5 Å². The summed E-state index contributed by atoms with van der Waals surface area (Å²) in [5, 5.41) is 2.67. The molecule has 0 radical (unpaired) electrons. The monoisotopic (exact) mass is 563 g/mol. The lowest BCUT2D eigenvalue weighted by molar-refractivity contribution is 0.102. The van der Waals surface area contributed by atoms with E-state index in [9.17, 15) is 21.6 Å². The number of amides is 1. The van der Waals surface area contributed by atoms with Crippen molar-refractivity contribution in [2.75, 3.05) is 30.2 Å². The molecule has 37 heavy (non-hydrogen) atoms. The Morgan fingerprint density at radius 2 is 1.57 bits per heavy atom. The standard InChI is InChI=1S/C25H26ClN3O6S2/c1-35-23-13-11-18(17-24(23)37(33,34)29-14-6-3-7-15-29)27-25(30)21-12-10-19(16-22(21)26)28-36(31,32)20-8-4-2-5-9-20/h2,4-5,8-13,16-17,28H,3,6-7,14-15H2,1H3,(H,27,30). The predicted molar refractivity (Wildman–Crippen MR) is 142 cm³/mol. The van der Waals surface area contributed by atoms with Gasteiger partial charge in [-0.3, -0.25) is 9.52 Å². The minimum absolute atomic E-state index is 0.0143. The van der Waals surface area contributed by atoms with Crippen LogP contribution in [-0.4, -0.2) is 47.2 Å². The maximum atomic E-state index is 13.2. The molecule has 0 spiro atoms. The van der Waals surface area contributed by atoms with Gasteiger partial charge in [-0.25, -0.2) is 16.8 Å². The van der Waals surface area contributed by atoms with Gasteiger partial charge in [0.2, 0.25) is 10.0 Å². The van der Waals surface area contributed by atoms with Gasteiger partial charge in [-0.1, -0.05) is 36.2 Å². The highest BCUT2D eigenvalue weighted by atomic mass is 35.5. The van der Waals surface area contributed by atoms with E-state index in [1.54, 1.807) is 18.2 Å². The minimum atomic E-state index is -3.83. The maximum Gasteiger partial charge on any atom is 0.261 e. The van der Waals surface area contributed by atoms with Crippen LogP contribution in [0.2, 0.25) is 5.02 Å². The summed E-state index contributed by atoms with van der Waals surface area (Å²) in [6.07, 6.45) is 2.55. The molecule has 3 aromatic rings. The second-order valence-electron chi connectivity index (χ2n) is 8.40. The summed E-state index contributed by atoms with van der Waals surface area (Å²) in [4.78, 5) is 13.0. The molecule has 2 N–H and O–H groups in total. The molecule has 0 saturated carbocycles. The summed E-state index contributed by atoms with van der Waals surface area (Å²) in [5.74, 6) is -0.411. The van der Waals surface area contributed by atoms with Gasteiger partial charge in [0, 0.05) is 18.8 Å². The Hall–Kier alpha value is -3.12. The number of nitrogens with one attached hydrogen (secondary N) is 2. The molecular weight excluding hydrogens is 538 g/mol. The van der Waals surface area contributed by atoms with Crippen molar-refractivity contribution < 1.29 is 26.4 Å². The first kappa shape index (κ1) is 26.9. The van der Waals surface area contributed by atoms with Gasteiger partial charge >= 0.3 is 0 Å². The summed E-state index contributed by atoms with van der Waals surface area (Å²) in [7, 11) is -6.26. The molecule has 3 aromatic carbocycles. The maximum absolute atomic E-state index is 13.2. The van der Waals surface area contributed by atoms with Crippen LogP contribution in [-0.2, 0) is 20.0 Å². The number of piperidine rings is 1. The molecule has 0 bridgehead atoms. The predicted octanol–water partition coefficient (Wildman–Crippen LogP) is 4.58. The number of carbonyl (C=O) groups is 1. The summed E-state index contributed by atoms with van der Waals surface area (Å²) in [5.41, 5.74) is 0.511. The fourth-order valence-corrected chi connectivity index (χ4v) is 7.01. The van der Waals surface area contributed by atoms with Crippen LogP contribution < -0.4 is 14.8 Å². The second-order valence-corrected chi connectivity index (χ2v) is 12.4. The zero-order chi connectivity index (χ0) is 26.6. The summed E-state index contributed by atoms with van der Waals surface area (Å²) in [6.45, 7) is 0.857. The van der Waals surface area contributed by atoms with E-state index in [2.05, 4.69) is 10.0 Å². The normalized spacial score (nSPS) is 14.6. The molecule has 9 nitrogen and oxygen atoms in total. The molecule has 4 rings (SSSR count). The van der Waals surface area contributed by atoms with E-state index >= 15 is 0 Å². The van der Waals surface area contributed by atoms with E-state index in [0.29, 0.717) is 13.1 Å². The average molecular weight is 564 g/mol. The number of nitrogens with zero attached hydrogens (tertiary/aromatic N) is 1. The van der Waals surface area contributed by atoms with Crippen molar-refractivity contribution in [3.05, 3.63) is 77.3 Å². The smallest absolute Gasteiger partial charge is 0.261 e. The van der Waals surface area contributed by atoms with Crippen LogP contribution in [0.25, 0.3) is 0 Å². The third-order valence-electron chi connectivity index (χ3n) is 5.87. The summed E-state index contributed by atoms with van der Waals surface area (Å²) in [6, 6.07) is 16.3. The van der Waals surface area contributed by atoms with Gasteiger partial charge in [-0.2, -0.15) is 4.31 Å². The van der Waals surface area contributed by atoms with Gasteiger partial charge in [0.05, 0.1) is 28.3 Å². The van der Waals surface area contributed by atoms with E-state index in [1.807, 2.05) is 0 Å². The second kappa shape index (κ2) is 11.1. The summed E-state index contributed by atoms with van der Waals surface area (Å²) < 4.78 is 60.7. The topological polar surface area (TPSA) is 122 Å². The highest BCUT2D eigenvalue weighted by molar-refractivity contribution is 7.92. The number of hydrogen-bond acceptors (Lipinski definition) is 6. The van der Waals surface area contributed by atoms with Crippen LogP contribution in [0.1, 0.15) is 29.6 Å². The Bertz CT molecular complexity index is 1510. The van der Waals surface area contributed by atoms with E-state index in [0.717, 1.165) is 19.3 Å². The lowest BCUT2D eigenvalue weighted by Crippen LogP contribution is -2.35. The number of benzene rings is 3. The first-order valence-corrected chi connectivity index (χ1v) is 14.8. The van der Waals surface area contributed by atoms with Crippen LogP contribution in [0.5, 0.6) is 5.75 Å². The number of sulfonamides is 2. The number of carbonyl (C=O) groups excluding carboxylic acids is 1. The Morgan fingerprint density at radius 3 is 2.22 bits per heavy atom. The molecule has 0 atom stereocenters. The Labute approximate surface area is 221 Å². The fourth-order valence-electron chi connectivity index (χ4n) is 3.98. The third kappa shape index (κ3) is 6.07. The van der Waals surface area contributed by atoms with Crippen molar-refractivity contribution in [2.24, 2.45) is 0 Å². The van der Waals surface area contributed by atoms with Gasteiger partial charge in [0.15, 0.2) is 0 Å². The largest absolute Gasteiger partial charge is 0.495 e. The van der Waals surface area contributed by atoms with Crippen molar-refractivity contribution in [1.29, 1.82) is 0 Å². The van der Waals surface area contributed by atoms with E-state index in [1.165, 1.54) is 59.9 Å². The SMILES string of the molecule is COc1ccc(NC(=O)c2ccc(NS(=O)(=O)c3ccccc3)cc2Cl)cc1S(=O)(=O)N1CCCCC1. The first-order valence-electron chi connectivity index (χ1n) is 11.5. The zero-order valence-corrected chi connectivity index (χ0v) is 22.4. The number of methoxy groups -OCH3 is 1. The molecular formula is C25H26ClN3O6S2. The lowest BCUT2D eigenvalue weighted by Gasteiger charge is -2.26. The van der Waals surface area contributed by atoms with Crippen molar-refractivity contribution in [3.63, 3.8) is 0 Å². The highest BCUT2D eigenvalue weighted by Crippen LogP contribution is 2.32. The lowest BCUT2D eigenvalue weighted by atomic mass is 10.2. The number of anilines is 2. The van der Waals surface area contributed by atoms with Gasteiger partial charge in [0.25, 0.3) is 15.9 Å². The molecule has 0 unspecified atom stereocenters. The Balaban J connectivity index is 1.54. The highest BCUT2D eigenvalue weighted by Gasteiger charge is 2.29. The van der Waals surface area contributed by atoms with E-state index in [4.69, 9.17) is 16.3 Å². The number of halogens is 1. The van der Waals surface area contributed by atoms with Crippen molar-refractivity contribution in [2.45, 2.75) is 29.1 Å². The van der Waals surface area contributed by atoms with Crippen LogP contribution in [0.15, 0.2) is 76.5 Å². The number of ether oxygens (including phenoxy) is 1. The van der Waals surface area contributed by atoms with Crippen LogP contribution in [0, 0.1) is 0 Å². The molecule has 12 heteroatoms. The number of hydrogen-bond donors (Lipinski definition) is 2. The van der Waals surface area contributed by atoms with Crippen LogP contribution >= 0.6 is 11.6 Å². The molecule has 1 saturated heterocycles. The molecule has 0 aromatic heterocycles. The van der Waals surface area contributed by atoms with Crippen LogP contribution in [0.3, 0.4) is 0 Å². The third-order valence-corrected chi connectivity index (χ3v) is 9.50. The van der Waals surface area contributed by atoms with Gasteiger partial charge in [-0.05, 0) is 61.4 Å². The van der Waals surface area contributed by atoms with Crippen molar-refractivity contribution >= 4 is 48.9 Å². The first-order chi connectivity index (χ1) is 17.6. The van der Waals surface area contributed by atoms with Crippen LogP contribution in [0.4, 0.5) is 11.4 Å². The van der Waals surface area contributed by atoms with E-state index < -0.39 is 26.0 Å². The van der Waals surface area contributed by atoms with Gasteiger partial charge in [-0.15, -0.1) is 0 Å². The van der Waals surface area contributed by atoms with Crippen molar-refractivity contribution in [3.8, 4) is 5.75 Å². The molecule has 1 aliphatic rings. The average Bonchev–Trinajstić information content (AvgIpc) is 2.89.